The predicted octanol–water partition coefficient (Wildman–Crippen LogP) is 3.11. The van der Waals surface area contributed by atoms with E-state index in [4.69, 9.17) is 9.47 Å². The van der Waals surface area contributed by atoms with Gasteiger partial charge in [0.1, 0.15) is 24.1 Å². The van der Waals surface area contributed by atoms with Gasteiger partial charge in [-0.15, -0.1) is 0 Å². The van der Waals surface area contributed by atoms with E-state index < -0.39 is 28.5 Å². The molecule has 36 heavy (non-hydrogen) atoms. The molecule has 2 amide bonds. The highest BCUT2D eigenvalue weighted by atomic mass is 32.2. The Balaban J connectivity index is 2.47. The van der Waals surface area contributed by atoms with Gasteiger partial charge in [0.25, 0.3) is 0 Å². The van der Waals surface area contributed by atoms with Crippen LogP contribution in [0.2, 0.25) is 0 Å². The molecule has 0 bridgehead atoms. The number of methoxy groups -OCH3 is 2. The molecular formula is C26H37N3O6S. The zero-order valence-corrected chi connectivity index (χ0v) is 22.9. The number of aryl methyl sites for hydroxylation is 1. The van der Waals surface area contributed by atoms with E-state index in [0.717, 1.165) is 28.1 Å². The smallest absolute Gasteiger partial charge is 0.244 e. The number of benzene rings is 2. The third-order valence-electron chi connectivity index (χ3n) is 5.94. The number of anilines is 1. The molecule has 2 atom stereocenters. The van der Waals surface area contributed by atoms with Gasteiger partial charge in [0.2, 0.25) is 21.8 Å². The van der Waals surface area contributed by atoms with Crippen molar-refractivity contribution in [3.05, 3.63) is 53.6 Å². The molecule has 198 valence electrons. The topological polar surface area (TPSA) is 105 Å². The van der Waals surface area contributed by atoms with Crippen molar-refractivity contribution in [3.63, 3.8) is 0 Å². The predicted molar refractivity (Wildman–Crippen MR) is 141 cm³/mol. The van der Waals surface area contributed by atoms with Crippen molar-refractivity contribution in [2.45, 2.75) is 52.7 Å². The summed E-state index contributed by atoms with van der Waals surface area (Å²) in [5, 5.41) is 2.90. The Morgan fingerprint density at radius 3 is 2.33 bits per heavy atom. The molecule has 1 N–H and O–H groups in total. The number of nitrogens with one attached hydrogen (secondary N) is 1. The average molecular weight is 520 g/mol. The highest BCUT2D eigenvalue weighted by molar-refractivity contribution is 7.92. The summed E-state index contributed by atoms with van der Waals surface area (Å²) in [6.07, 6.45) is 1.77. The van der Waals surface area contributed by atoms with Crippen LogP contribution < -0.4 is 19.1 Å². The van der Waals surface area contributed by atoms with Crippen molar-refractivity contribution in [1.29, 1.82) is 0 Å². The molecule has 2 aromatic rings. The molecule has 10 heteroatoms. The van der Waals surface area contributed by atoms with E-state index in [1.165, 1.54) is 12.0 Å². The molecule has 0 unspecified atom stereocenters. The lowest BCUT2D eigenvalue weighted by molar-refractivity contribution is -0.139. The Morgan fingerprint density at radius 1 is 1.06 bits per heavy atom. The Hall–Kier alpha value is -3.27. The minimum Gasteiger partial charge on any atom is -0.497 e. The van der Waals surface area contributed by atoms with E-state index in [9.17, 15) is 18.0 Å². The summed E-state index contributed by atoms with van der Waals surface area (Å²) in [4.78, 5) is 28.1. The summed E-state index contributed by atoms with van der Waals surface area (Å²) >= 11 is 0. The van der Waals surface area contributed by atoms with Gasteiger partial charge in [0.05, 0.1) is 26.2 Å². The Labute approximate surface area is 214 Å². The summed E-state index contributed by atoms with van der Waals surface area (Å²) in [5.41, 5.74) is 1.80. The van der Waals surface area contributed by atoms with Crippen molar-refractivity contribution >= 4 is 27.5 Å². The molecule has 0 saturated carbocycles. The van der Waals surface area contributed by atoms with Crippen LogP contribution in [0.15, 0.2) is 42.5 Å². The number of carbonyl (C=O) groups is 2. The van der Waals surface area contributed by atoms with Gasteiger partial charge in [0, 0.05) is 12.6 Å². The number of carbonyl (C=O) groups excluding carboxylic acids is 2. The maximum atomic E-state index is 13.7. The molecule has 0 aliphatic rings. The third-order valence-corrected chi connectivity index (χ3v) is 7.06. The van der Waals surface area contributed by atoms with Crippen LogP contribution in [0.1, 0.15) is 38.3 Å². The molecule has 9 nitrogen and oxygen atoms in total. The van der Waals surface area contributed by atoms with Gasteiger partial charge in [-0.3, -0.25) is 13.9 Å². The van der Waals surface area contributed by atoms with Gasteiger partial charge >= 0.3 is 0 Å². The van der Waals surface area contributed by atoms with Gasteiger partial charge in [0.15, 0.2) is 0 Å². The summed E-state index contributed by atoms with van der Waals surface area (Å²) < 4.78 is 37.3. The molecule has 0 radical (unpaired) electrons. The van der Waals surface area contributed by atoms with E-state index in [-0.39, 0.29) is 24.2 Å². The zero-order chi connectivity index (χ0) is 27.0. The number of nitrogens with zero attached hydrogens (tertiary/aromatic N) is 2. The second-order valence-electron chi connectivity index (χ2n) is 8.81. The molecular weight excluding hydrogens is 482 g/mol. The molecule has 0 fully saturated rings. The van der Waals surface area contributed by atoms with Crippen LogP contribution in [0.4, 0.5) is 5.69 Å². The molecule has 0 aromatic heterocycles. The second kappa shape index (κ2) is 12.6. The first kappa shape index (κ1) is 29.0. The fourth-order valence-electron chi connectivity index (χ4n) is 3.61. The van der Waals surface area contributed by atoms with Crippen LogP contribution in [-0.2, 0) is 26.2 Å². The van der Waals surface area contributed by atoms with E-state index in [0.29, 0.717) is 11.5 Å². The van der Waals surface area contributed by atoms with Crippen LogP contribution in [0.5, 0.6) is 11.5 Å². The van der Waals surface area contributed by atoms with Crippen LogP contribution >= 0.6 is 0 Å². The molecule has 0 aliphatic heterocycles. The van der Waals surface area contributed by atoms with E-state index in [1.54, 1.807) is 50.4 Å². The second-order valence-corrected chi connectivity index (χ2v) is 10.7. The highest BCUT2D eigenvalue weighted by Gasteiger charge is 2.31. The van der Waals surface area contributed by atoms with Crippen molar-refractivity contribution in [3.8, 4) is 11.5 Å². The van der Waals surface area contributed by atoms with Gasteiger partial charge in [-0.05, 0) is 62.6 Å². The van der Waals surface area contributed by atoms with Gasteiger partial charge < -0.3 is 19.7 Å². The van der Waals surface area contributed by atoms with E-state index in [2.05, 4.69) is 5.32 Å². The van der Waals surface area contributed by atoms with Crippen molar-refractivity contribution in [2.75, 3.05) is 31.3 Å². The average Bonchev–Trinajstić information content (AvgIpc) is 2.84. The van der Waals surface area contributed by atoms with E-state index >= 15 is 0 Å². The third kappa shape index (κ3) is 7.61. The number of hydrogen-bond acceptors (Lipinski definition) is 6. The monoisotopic (exact) mass is 519 g/mol. The van der Waals surface area contributed by atoms with Gasteiger partial charge in [-0.2, -0.15) is 0 Å². The maximum absolute atomic E-state index is 13.7. The summed E-state index contributed by atoms with van der Waals surface area (Å²) in [7, 11) is -0.881. The molecule has 0 heterocycles. The first-order chi connectivity index (χ1) is 16.9. The SMILES string of the molecule is CC[C@@H](C)NC(=O)[C@H](C)N(Cc1cccc(OC)c1)C(=O)CN(c1cc(C)ccc1OC)S(C)(=O)=O. The van der Waals surface area contributed by atoms with Gasteiger partial charge in [-0.25, -0.2) is 8.42 Å². The lowest BCUT2D eigenvalue weighted by atomic mass is 10.1. The standard InChI is InChI=1S/C26H37N3O6S/c1-8-19(3)27-26(31)20(4)28(16-21-10-9-11-22(15-21)34-5)25(30)17-29(36(7,32)33)23-14-18(2)12-13-24(23)35-6/h9-15,19-20H,8,16-17H2,1-7H3,(H,27,31)/t19-,20+/m1/s1. The lowest BCUT2D eigenvalue weighted by Crippen LogP contribution is -2.52. The number of amides is 2. The number of hydrogen-bond donors (Lipinski definition) is 1. The van der Waals surface area contributed by atoms with Crippen molar-refractivity contribution in [1.82, 2.24) is 10.2 Å². The van der Waals surface area contributed by atoms with Crippen LogP contribution in [0.3, 0.4) is 0 Å². The molecule has 0 spiro atoms. The Morgan fingerprint density at radius 2 is 1.75 bits per heavy atom. The summed E-state index contributed by atoms with van der Waals surface area (Å²) in [6, 6.07) is 11.3. The number of ether oxygens (including phenoxy) is 2. The van der Waals surface area contributed by atoms with Gasteiger partial charge in [-0.1, -0.05) is 25.1 Å². The van der Waals surface area contributed by atoms with E-state index in [1.807, 2.05) is 26.8 Å². The number of rotatable bonds is 12. The quantitative estimate of drug-likeness (QED) is 0.462. The molecule has 0 aliphatic carbocycles. The number of sulfonamides is 1. The molecule has 2 aromatic carbocycles. The lowest BCUT2D eigenvalue weighted by Gasteiger charge is -2.32. The largest absolute Gasteiger partial charge is 0.497 e. The summed E-state index contributed by atoms with van der Waals surface area (Å²) in [5.74, 6) is 0.0813. The minimum absolute atomic E-state index is 0.0715. The molecule has 0 saturated heterocycles. The minimum atomic E-state index is -3.86. The van der Waals surface area contributed by atoms with Crippen LogP contribution in [0.25, 0.3) is 0 Å². The molecule has 2 rings (SSSR count). The maximum Gasteiger partial charge on any atom is 0.244 e. The zero-order valence-electron chi connectivity index (χ0n) is 22.1. The van der Waals surface area contributed by atoms with Crippen LogP contribution in [0, 0.1) is 6.92 Å². The fourth-order valence-corrected chi connectivity index (χ4v) is 4.45. The Kier molecular flexibility index (Phi) is 10.2. The Bertz CT molecular complexity index is 1170. The van der Waals surface area contributed by atoms with Crippen LogP contribution in [-0.4, -0.2) is 64.2 Å². The first-order valence-electron chi connectivity index (χ1n) is 11.8. The fraction of sp³-hybridized carbons (Fsp3) is 0.462. The normalized spacial score (nSPS) is 12.9. The summed E-state index contributed by atoms with van der Waals surface area (Å²) in [6.45, 7) is 6.88. The first-order valence-corrected chi connectivity index (χ1v) is 13.6. The van der Waals surface area contributed by atoms with Crippen molar-refractivity contribution < 1.29 is 27.5 Å². The highest BCUT2D eigenvalue weighted by Crippen LogP contribution is 2.31. The van der Waals surface area contributed by atoms with Crippen molar-refractivity contribution in [2.24, 2.45) is 0 Å².